The molecule has 1 aliphatic carbocycles. The molecule has 0 aromatic carbocycles. The molecule has 3 rings (SSSR count). The highest BCUT2D eigenvalue weighted by Gasteiger charge is 2.22. The van der Waals surface area contributed by atoms with Gasteiger partial charge in [0, 0.05) is 29.8 Å². The van der Waals surface area contributed by atoms with E-state index in [0.717, 1.165) is 41.9 Å². The average molecular weight is 265 g/mol. The minimum Gasteiger partial charge on any atom is -0.368 e. The van der Waals surface area contributed by atoms with Crippen LogP contribution < -0.4 is 5.32 Å². The van der Waals surface area contributed by atoms with Crippen LogP contribution in [-0.4, -0.2) is 34.1 Å². The van der Waals surface area contributed by atoms with Crippen LogP contribution in [0.2, 0.25) is 0 Å². The Hall–Kier alpha value is -0.650. The third kappa shape index (κ3) is 3.22. The van der Waals surface area contributed by atoms with Gasteiger partial charge >= 0.3 is 0 Å². The summed E-state index contributed by atoms with van der Waals surface area (Å²) < 4.78 is 5.75. The van der Waals surface area contributed by atoms with E-state index in [-0.39, 0.29) is 6.10 Å². The molecule has 2 aliphatic rings. The van der Waals surface area contributed by atoms with E-state index >= 15 is 0 Å². The Kier molecular flexibility index (Phi) is 3.82. The van der Waals surface area contributed by atoms with E-state index in [1.165, 1.54) is 12.8 Å². The van der Waals surface area contributed by atoms with Crippen LogP contribution in [0.25, 0.3) is 0 Å². The molecule has 1 saturated carbocycles. The standard InChI is InChI=1S/C13H19N3OS/c1-9-6-11(7-14-10-2-3-10)16-13(15-9)12-8-18-5-4-17-12/h6,10,12,14H,2-5,7-8H2,1H3. The molecule has 1 saturated heterocycles. The molecule has 0 bridgehead atoms. The molecular formula is C13H19N3OS. The maximum Gasteiger partial charge on any atom is 0.158 e. The fraction of sp³-hybridized carbons (Fsp3) is 0.692. The van der Waals surface area contributed by atoms with Crippen molar-refractivity contribution < 1.29 is 4.74 Å². The molecule has 98 valence electrons. The minimum absolute atomic E-state index is 0.0725. The zero-order valence-electron chi connectivity index (χ0n) is 10.7. The summed E-state index contributed by atoms with van der Waals surface area (Å²) in [7, 11) is 0. The number of aromatic nitrogens is 2. The summed E-state index contributed by atoms with van der Waals surface area (Å²) in [5, 5.41) is 3.49. The third-order valence-electron chi connectivity index (χ3n) is 3.18. The molecule has 1 aliphatic heterocycles. The molecule has 1 atom stereocenters. The highest BCUT2D eigenvalue weighted by Crippen LogP contribution is 2.24. The first-order valence-electron chi connectivity index (χ1n) is 6.58. The number of hydrogen-bond donors (Lipinski definition) is 1. The van der Waals surface area contributed by atoms with E-state index in [4.69, 9.17) is 4.74 Å². The first kappa shape index (κ1) is 12.4. The molecule has 0 spiro atoms. The Morgan fingerprint density at radius 2 is 2.33 bits per heavy atom. The van der Waals surface area contributed by atoms with Gasteiger partial charge in [-0.05, 0) is 25.8 Å². The summed E-state index contributed by atoms with van der Waals surface area (Å²) in [6.07, 6.45) is 2.68. The normalized spacial score (nSPS) is 24.2. The molecule has 1 aromatic rings. The largest absolute Gasteiger partial charge is 0.368 e. The van der Waals surface area contributed by atoms with Gasteiger partial charge in [0.15, 0.2) is 5.82 Å². The van der Waals surface area contributed by atoms with Crippen molar-refractivity contribution in [3.63, 3.8) is 0 Å². The zero-order chi connectivity index (χ0) is 12.4. The lowest BCUT2D eigenvalue weighted by Gasteiger charge is -2.21. The van der Waals surface area contributed by atoms with Crippen LogP contribution in [-0.2, 0) is 11.3 Å². The van der Waals surface area contributed by atoms with Gasteiger partial charge in [0.2, 0.25) is 0 Å². The van der Waals surface area contributed by atoms with Crippen LogP contribution in [0.1, 0.15) is 36.2 Å². The predicted octanol–water partition coefficient (Wildman–Crippen LogP) is 1.84. The Morgan fingerprint density at radius 1 is 1.44 bits per heavy atom. The lowest BCUT2D eigenvalue weighted by Crippen LogP contribution is -2.21. The molecular weight excluding hydrogens is 246 g/mol. The van der Waals surface area contributed by atoms with E-state index in [0.29, 0.717) is 6.04 Å². The average Bonchev–Trinajstić information content (AvgIpc) is 3.21. The Morgan fingerprint density at radius 3 is 3.06 bits per heavy atom. The van der Waals surface area contributed by atoms with Crippen LogP contribution >= 0.6 is 11.8 Å². The van der Waals surface area contributed by atoms with Crippen LogP contribution in [0.5, 0.6) is 0 Å². The van der Waals surface area contributed by atoms with Gasteiger partial charge in [-0.3, -0.25) is 0 Å². The summed E-state index contributed by atoms with van der Waals surface area (Å²) in [5.41, 5.74) is 2.12. The molecule has 0 radical (unpaired) electrons. The van der Waals surface area contributed by atoms with Crippen LogP contribution in [0.15, 0.2) is 6.07 Å². The molecule has 5 heteroatoms. The van der Waals surface area contributed by atoms with Gasteiger partial charge in [-0.25, -0.2) is 9.97 Å². The monoisotopic (exact) mass is 265 g/mol. The first-order valence-corrected chi connectivity index (χ1v) is 7.74. The zero-order valence-corrected chi connectivity index (χ0v) is 11.5. The summed E-state index contributed by atoms with van der Waals surface area (Å²) in [6.45, 7) is 3.69. The second-order valence-electron chi connectivity index (χ2n) is 4.95. The number of nitrogens with zero attached hydrogens (tertiary/aromatic N) is 2. The lowest BCUT2D eigenvalue weighted by atomic mass is 10.3. The molecule has 1 aromatic heterocycles. The number of rotatable bonds is 4. The van der Waals surface area contributed by atoms with E-state index in [2.05, 4.69) is 21.4 Å². The van der Waals surface area contributed by atoms with Crippen LogP contribution in [0.3, 0.4) is 0 Å². The molecule has 0 amide bonds. The Labute approximate surface area is 112 Å². The van der Waals surface area contributed by atoms with Gasteiger partial charge in [-0.2, -0.15) is 11.8 Å². The van der Waals surface area contributed by atoms with E-state index in [1.54, 1.807) is 0 Å². The van der Waals surface area contributed by atoms with Crippen molar-refractivity contribution in [1.29, 1.82) is 0 Å². The number of hydrogen-bond acceptors (Lipinski definition) is 5. The molecule has 4 nitrogen and oxygen atoms in total. The summed E-state index contributed by atoms with van der Waals surface area (Å²) in [6, 6.07) is 2.78. The van der Waals surface area contributed by atoms with E-state index < -0.39 is 0 Å². The third-order valence-corrected chi connectivity index (χ3v) is 4.17. The molecule has 1 unspecified atom stereocenters. The number of ether oxygens (including phenoxy) is 1. The van der Waals surface area contributed by atoms with Crippen molar-refractivity contribution in [2.24, 2.45) is 0 Å². The summed E-state index contributed by atoms with van der Waals surface area (Å²) in [4.78, 5) is 9.17. The first-order chi connectivity index (χ1) is 8.81. The lowest BCUT2D eigenvalue weighted by molar-refractivity contribution is 0.0691. The second kappa shape index (κ2) is 5.55. The predicted molar refractivity (Wildman–Crippen MR) is 72.6 cm³/mol. The van der Waals surface area contributed by atoms with Crippen LogP contribution in [0, 0.1) is 6.92 Å². The van der Waals surface area contributed by atoms with Gasteiger partial charge in [0.05, 0.1) is 12.3 Å². The molecule has 2 heterocycles. The molecule has 2 fully saturated rings. The van der Waals surface area contributed by atoms with E-state index in [1.807, 2.05) is 18.7 Å². The quantitative estimate of drug-likeness (QED) is 0.900. The van der Waals surface area contributed by atoms with Crippen molar-refractivity contribution >= 4 is 11.8 Å². The highest BCUT2D eigenvalue weighted by atomic mass is 32.2. The SMILES string of the molecule is Cc1cc(CNC2CC2)nc(C2CSCCO2)n1. The Balaban J connectivity index is 1.71. The molecule has 18 heavy (non-hydrogen) atoms. The minimum atomic E-state index is 0.0725. The number of nitrogens with one attached hydrogen (secondary N) is 1. The van der Waals surface area contributed by atoms with Crippen molar-refractivity contribution in [2.45, 2.75) is 38.5 Å². The maximum atomic E-state index is 5.75. The highest BCUT2D eigenvalue weighted by molar-refractivity contribution is 7.99. The number of aryl methyl sites for hydroxylation is 1. The smallest absolute Gasteiger partial charge is 0.158 e. The number of thioether (sulfide) groups is 1. The molecule has 1 N–H and O–H groups in total. The Bertz CT molecular complexity index is 417. The van der Waals surface area contributed by atoms with Crippen molar-refractivity contribution in [3.05, 3.63) is 23.3 Å². The maximum absolute atomic E-state index is 5.75. The van der Waals surface area contributed by atoms with E-state index in [9.17, 15) is 0 Å². The van der Waals surface area contributed by atoms with Crippen molar-refractivity contribution in [1.82, 2.24) is 15.3 Å². The van der Waals surface area contributed by atoms with Gasteiger partial charge < -0.3 is 10.1 Å². The van der Waals surface area contributed by atoms with Crippen molar-refractivity contribution in [3.8, 4) is 0 Å². The van der Waals surface area contributed by atoms with Gasteiger partial charge in [0.1, 0.15) is 6.10 Å². The topological polar surface area (TPSA) is 47.0 Å². The van der Waals surface area contributed by atoms with Crippen molar-refractivity contribution in [2.75, 3.05) is 18.1 Å². The van der Waals surface area contributed by atoms with Gasteiger partial charge in [-0.15, -0.1) is 0 Å². The summed E-state index contributed by atoms with van der Waals surface area (Å²) in [5.74, 6) is 2.91. The van der Waals surface area contributed by atoms with Crippen LogP contribution in [0.4, 0.5) is 0 Å². The fourth-order valence-electron chi connectivity index (χ4n) is 2.07. The second-order valence-corrected chi connectivity index (χ2v) is 6.10. The van der Waals surface area contributed by atoms with Gasteiger partial charge in [-0.1, -0.05) is 0 Å². The fourth-order valence-corrected chi connectivity index (χ4v) is 2.91. The summed E-state index contributed by atoms with van der Waals surface area (Å²) >= 11 is 1.92. The van der Waals surface area contributed by atoms with Gasteiger partial charge in [0.25, 0.3) is 0 Å².